The van der Waals surface area contributed by atoms with Crippen LogP contribution in [-0.2, 0) is 22.6 Å². The van der Waals surface area contributed by atoms with Gasteiger partial charge in [0.1, 0.15) is 11.9 Å². The van der Waals surface area contributed by atoms with E-state index in [9.17, 15) is 14.0 Å². The number of halogens is 2. The predicted octanol–water partition coefficient (Wildman–Crippen LogP) is 4.81. The second-order valence-electron chi connectivity index (χ2n) is 8.05. The molecule has 0 heterocycles. The number of aryl methyl sites for hydroxylation is 1. The number of hydrogen-bond acceptors (Lipinski definition) is 2. The minimum absolute atomic E-state index is 0.154. The number of carbonyl (C=O) groups is 2. The van der Waals surface area contributed by atoms with Crippen LogP contribution < -0.4 is 5.32 Å². The van der Waals surface area contributed by atoms with E-state index in [1.165, 1.54) is 17.0 Å². The van der Waals surface area contributed by atoms with Crippen LogP contribution in [0.2, 0.25) is 5.02 Å². The molecular formula is C24H28ClFN2O2. The molecular weight excluding hydrogens is 403 g/mol. The van der Waals surface area contributed by atoms with Crippen LogP contribution in [0.5, 0.6) is 0 Å². The summed E-state index contributed by atoms with van der Waals surface area (Å²) in [5.74, 6) is -1.03. The van der Waals surface area contributed by atoms with Crippen molar-refractivity contribution in [3.05, 3.63) is 70.0 Å². The first kappa shape index (κ1) is 22.3. The molecule has 1 aliphatic carbocycles. The van der Waals surface area contributed by atoms with Crippen LogP contribution in [0.25, 0.3) is 0 Å². The first-order chi connectivity index (χ1) is 14.3. The van der Waals surface area contributed by atoms with E-state index in [4.69, 9.17) is 11.6 Å². The van der Waals surface area contributed by atoms with Crippen LogP contribution in [0.1, 0.15) is 49.3 Å². The van der Waals surface area contributed by atoms with Crippen molar-refractivity contribution < 1.29 is 14.0 Å². The highest BCUT2D eigenvalue weighted by Crippen LogP contribution is 2.22. The summed E-state index contributed by atoms with van der Waals surface area (Å²) in [6.07, 6.45) is 3.96. The van der Waals surface area contributed by atoms with Gasteiger partial charge in [-0.3, -0.25) is 9.59 Å². The summed E-state index contributed by atoms with van der Waals surface area (Å²) in [5.41, 5.74) is 2.18. The highest BCUT2D eigenvalue weighted by Gasteiger charge is 2.29. The zero-order valence-corrected chi connectivity index (χ0v) is 18.2. The Morgan fingerprint density at radius 1 is 1.17 bits per heavy atom. The van der Waals surface area contributed by atoms with Crippen molar-refractivity contribution in [1.29, 1.82) is 0 Å². The molecule has 0 bridgehead atoms. The van der Waals surface area contributed by atoms with Gasteiger partial charge >= 0.3 is 0 Å². The SMILES string of the molecule is Cc1ccc(CN(C(=O)Cc2c(F)cccc2Cl)[C@H](C)C(=O)NC2CCCC2)cc1. The van der Waals surface area contributed by atoms with Crippen molar-refractivity contribution in [2.45, 2.75) is 64.6 Å². The van der Waals surface area contributed by atoms with E-state index >= 15 is 0 Å². The van der Waals surface area contributed by atoms with Crippen molar-refractivity contribution in [3.8, 4) is 0 Å². The van der Waals surface area contributed by atoms with Gasteiger partial charge in [0.05, 0.1) is 6.42 Å². The molecule has 1 N–H and O–H groups in total. The summed E-state index contributed by atoms with van der Waals surface area (Å²) in [6.45, 7) is 3.98. The number of hydrogen-bond donors (Lipinski definition) is 1. The number of nitrogens with zero attached hydrogens (tertiary/aromatic N) is 1. The van der Waals surface area contributed by atoms with E-state index < -0.39 is 11.9 Å². The van der Waals surface area contributed by atoms with Crippen molar-refractivity contribution in [3.63, 3.8) is 0 Å². The number of amides is 2. The zero-order valence-electron chi connectivity index (χ0n) is 17.5. The molecule has 160 valence electrons. The molecule has 1 saturated carbocycles. The average Bonchev–Trinajstić information content (AvgIpc) is 3.22. The Labute approximate surface area is 182 Å². The van der Waals surface area contributed by atoms with E-state index in [-0.39, 0.29) is 41.4 Å². The van der Waals surface area contributed by atoms with Crippen LogP contribution in [0, 0.1) is 12.7 Å². The second kappa shape index (κ2) is 10.1. The molecule has 4 nitrogen and oxygen atoms in total. The molecule has 2 aromatic rings. The van der Waals surface area contributed by atoms with Crippen LogP contribution in [0.3, 0.4) is 0 Å². The molecule has 30 heavy (non-hydrogen) atoms. The third-order valence-electron chi connectivity index (χ3n) is 5.73. The van der Waals surface area contributed by atoms with Crippen molar-refractivity contribution in [2.75, 3.05) is 0 Å². The molecule has 2 aromatic carbocycles. The van der Waals surface area contributed by atoms with Crippen LogP contribution in [-0.4, -0.2) is 28.8 Å². The molecule has 0 spiro atoms. The summed E-state index contributed by atoms with van der Waals surface area (Å²) < 4.78 is 14.2. The van der Waals surface area contributed by atoms with Gasteiger partial charge in [0.2, 0.25) is 11.8 Å². The van der Waals surface area contributed by atoms with E-state index in [0.717, 1.165) is 36.8 Å². The Morgan fingerprint density at radius 2 is 1.83 bits per heavy atom. The lowest BCUT2D eigenvalue weighted by Gasteiger charge is -2.30. The average molecular weight is 431 g/mol. The number of rotatable bonds is 7. The molecule has 1 fully saturated rings. The van der Waals surface area contributed by atoms with Gasteiger partial charge in [-0.15, -0.1) is 0 Å². The van der Waals surface area contributed by atoms with Gasteiger partial charge in [-0.25, -0.2) is 4.39 Å². The Hall–Kier alpha value is -2.40. The maximum Gasteiger partial charge on any atom is 0.242 e. The molecule has 6 heteroatoms. The minimum Gasteiger partial charge on any atom is -0.352 e. The van der Waals surface area contributed by atoms with E-state index in [1.807, 2.05) is 31.2 Å². The quantitative estimate of drug-likeness (QED) is 0.685. The summed E-state index contributed by atoms with van der Waals surface area (Å²) in [4.78, 5) is 27.6. The van der Waals surface area contributed by atoms with Gasteiger partial charge in [-0.1, -0.05) is 60.3 Å². The molecule has 1 aliphatic rings. The highest BCUT2D eigenvalue weighted by atomic mass is 35.5. The summed E-state index contributed by atoms with van der Waals surface area (Å²) in [7, 11) is 0. The first-order valence-electron chi connectivity index (χ1n) is 10.4. The lowest BCUT2D eigenvalue weighted by Crippen LogP contribution is -2.50. The summed E-state index contributed by atoms with van der Waals surface area (Å²) in [5, 5.41) is 3.27. The normalized spacial score (nSPS) is 15.1. The van der Waals surface area contributed by atoms with E-state index in [0.29, 0.717) is 0 Å². The fourth-order valence-corrected chi connectivity index (χ4v) is 4.05. The van der Waals surface area contributed by atoms with Crippen molar-refractivity contribution >= 4 is 23.4 Å². The summed E-state index contributed by atoms with van der Waals surface area (Å²) in [6, 6.07) is 11.7. The van der Waals surface area contributed by atoms with Crippen LogP contribution >= 0.6 is 11.6 Å². The molecule has 1 atom stereocenters. The fraction of sp³-hybridized carbons (Fsp3) is 0.417. The summed E-state index contributed by atoms with van der Waals surface area (Å²) >= 11 is 6.12. The Bertz CT molecular complexity index is 874. The second-order valence-corrected chi connectivity index (χ2v) is 8.46. The van der Waals surface area contributed by atoms with Gasteiger partial charge in [-0.05, 0) is 44.4 Å². The zero-order chi connectivity index (χ0) is 21.7. The smallest absolute Gasteiger partial charge is 0.242 e. The predicted molar refractivity (Wildman–Crippen MR) is 117 cm³/mol. The lowest BCUT2D eigenvalue weighted by atomic mass is 10.1. The standard InChI is InChI=1S/C24H28ClFN2O2/c1-16-10-12-18(13-11-16)15-28(17(2)24(30)27-19-6-3-4-7-19)23(29)14-20-21(25)8-5-9-22(20)26/h5,8-13,17,19H,3-4,6-7,14-15H2,1-2H3,(H,27,30)/t17-/m1/s1. The van der Waals surface area contributed by atoms with E-state index in [1.54, 1.807) is 13.0 Å². The van der Waals surface area contributed by atoms with Crippen molar-refractivity contribution in [1.82, 2.24) is 10.2 Å². The van der Waals surface area contributed by atoms with Crippen LogP contribution in [0.4, 0.5) is 4.39 Å². The maximum absolute atomic E-state index is 14.2. The van der Waals surface area contributed by atoms with Gasteiger partial charge in [0.15, 0.2) is 0 Å². The van der Waals surface area contributed by atoms with Gasteiger partial charge < -0.3 is 10.2 Å². The molecule has 0 radical (unpaired) electrons. The minimum atomic E-state index is -0.676. The third-order valence-corrected chi connectivity index (χ3v) is 6.09. The maximum atomic E-state index is 14.2. The topological polar surface area (TPSA) is 49.4 Å². The molecule has 3 rings (SSSR count). The third kappa shape index (κ3) is 5.60. The molecule has 0 unspecified atom stereocenters. The molecule has 0 aromatic heterocycles. The van der Waals surface area contributed by atoms with Crippen LogP contribution in [0.15, 0.2) is 42.5 Å². The Balaban J connectivity index is 1.80. The van der Waals surface area contributed by atoms with E-state index in [2.05, 4.69) is 5.32 Å². The largest absolute Gasteiger partial charge is 0.352 e. The molecule has 0 aliphatic heterocycles. The first-order valence-corrected chi connectivity index (χ1v) is 10.8. The highest BCUT2D eigenvalue weighted by molar-refractivity contribution is 6.31. The molecule has 0 saturated heterocycles. The Kier molecular flexibility index (Phi) is 7.48. The van der Waals surface area contributed by atoms with Gasteiger partial charge in [0.25, 0.3) is 0 Å². The molecule has 2 amide bonds. The van der Waals surface area contributed by atoms with Crippen molar-refractivity contribution in [2.24, 2.45) is 0 Å². The number of benzene rings is 2. The Morgan fingerprint density at radius 3 is 2.47 bits per heavy atom. The lowest BCUT2D eigenvalue weighted by molar-refractivity contribution is -0.140. The van der Waals surface area contributed by atoms with Gasteiger partial charge in [-0.2, -0.15) is 0 Å². The number of carbonyl (C=O) groups excluding carboxylic acids is 2. The van der Waals surface area contributed by atoms with Gasteiger partial charge in [0, 0.05) is 23.2 Å². The monoisotopic (exact) mass is 430 g/mol. The fourth-order valence-electron chi connectivity index (χ4n) is 3.82. The number of nitrogens with one attached hydrogen (secondary N) is 1.